The van der Waals surface area contributed by atoms with Crippen molar-refractivity contribution in [2.24, 2.45) is 5.92 Å². The minimum Gasteiger partial charge on any atom is -0.378 e. The van der Waals surface area contributed by atoms with Gasteiger partial charge in [0.05, 0.1) is 12.1 Å². The van der Waals surface area contributed by atoms with Gasteiger partial charge in [-0.25, -0.2) is 0 Å². The summed E-state index contributed by atoms with van der Waals surface area (Å²) in [5.41, 5.74) is 0.687. The zero-order valence-electron chi connectivity index (χ0n) is 14.9. The van der Waals surface area contributed by atoms with Gasteiger partial charge in [0.2, 0.25) is 0 Å². The third-order valence-corrected chi connectivity index (χ3v) is 5.48. The maximum Gasteiger partial charge on any atom is 0.251 e. The number of hydrogen-bond acceptors (Lipinski definition) is 4. The fourth-order valence-electron chi connectivity index (χ4n) is 3.94. The van der Waals surface area contributed by atoms with E-state index in [4.69, 9.17) is 4.74 Å². The topological polar surface area (TPSA) is 58.6 Å². The fraction of sp³-hybridized carbons (Fsp3) is 0.600. The van der Waals surface area contributed by atoms with Crippen LogP contribution in [0.3, 0.4) is 0 Å². The number of nitrogens with one attached hydrogen (secondary N) is 1. The fourth-order valence-corrected chi connectivity index (χ4v) is 3.94. The lowest BCUT2D eigenvalue weighted by atomic mass is 9.87. The van der Waals surface area contributed by atoms with Crippen LogP contribution in [-0.4, -0.2) is 55.5 Å². The molecular weight excluding hydrogens is 316 g/mol. The van der Waals surface area contributed by atoms with Crippen LogP contribution < -0.4 is 5.32 Å². The Hall–Kier alpha value is -1.72. The number of likely N-dealkylation sites (tertiary alicyclic amines) is 1. The van der Waals surface area contributed by atoms with E-state index in [1.165, 1.54) is 0 Å². The van der Waals surface area contributed by atoms with Crippen molar-refractivity contribution in [1.82, 2.24) is 10.2 Å². The number of ketones is 1. The highest BCUT2D eigenvalue weighted by Crippen LogP contribution is 2.24. The molecule has 2 aliphatic rings. The minimum absolute atomic E-state index is 0.00614. The molecule has 1 N–H and O–H groups in total. The number of Topliss-reactive ketones (excluding diaryl/α,β-unsaturated/α-hetero) is 1. The lowest BCUT2D eigenvalue weighted by Gasteiger charge is -2.39. The Morgan fingerprint density at radius 3 is 2.60 bits per heavy atom. The highest BCUT2D eigenvalue weighted by Gasteiger charge is 2.32. The van der Waals surface area contributed by atoms with E-state index >= 15 is 0 Å². The van der Waals surface area contributed by atoms with E-state index in [2.05, 4.69) is 10.2 Å². The zero-order chi connectivity index (χ0) is 17.6. The van der Waals surface area contributed by atoms with E-state index in [9.17, 15) is 9.59 Å². The number of ether oxygens (including phenoxy) is 1. The van der Waals surface area contributed by atoms with Crippen LogP contribution >= 0.6 is 0 Å². The molecule has 2 fully saturated rings. The van der Waals surface area contributed by atoms with Crippen LogP contribution in [0.2, 0.25) is 0 Å². The molecule has 1 aliphatic carbocycles. The highest BCUT2D eigenvalue weighted by atomic mass is 16.5. The molecule has 1 amide bonds. The van der Waals surface area contributed by atoms with Crippen LogP contribution in [0.15, 0.2) is 30.3 Å². The van der Waals surface area contributed by atoms with Crippen LogP contribution in [0.1, 0.15) is 42.5 Å². The van der Waals surface area contributed by atoms with Gasteiger partial charge in [-0.3, -0.25) is 9.59 Å². The summed E-state index contributed by atoms with van der Waals surface area (Å²) in [6.07, 6.45) is 4.40. The summed E-state index contributed by atoms with van der Waals surface area (Å²) < 4.78 is 5.67. The third kappa shape index (κ3) is 4.89. The number of carbonyl (C=O) groups excluding carboxylic acids is 2. The number of methoxy groups -OCH3 is 1. The Morgan fingerprint density at radius 2 is 1.92 bits per heavy atom. The Labute approximate surface area is 149 Å². The molecule has 2 atom stereocenters. The Kier molecular flexibility index (Phi) is 6.21. The molecule has 1 aromatic rings. The van der Waals surface area contributed by atoms with Crippen LogP contribution in [0.25, 0.3) is 0 Å². The smallest absolute Gasteiger partial charge is 0.251 e. The average molecular weight is 344 g/mol. The summed E-state index contributed by atoms with van der Waals surface area (Å²) in [4.78, 5) is 26.2. The van der Waals surface area contributed by atoms with Crippen molar-refractivity contribution >= 4 is 11.7 Å². The largest absolute Gasteiger partial charge is 0.378 e. The summed E-state index contributed by atoms with van der Waals surface area (Å²) >= 11 is 0. The van der Waals surface area contributed by atoms with E-state index in [0.29, 0.717) is 17.3 Å². The van der Waals surface area contributed by atoms with Crippen molar-refractivity contribution in [3.63, 3.8) is 0 Å². The van der Waals surface area contributed by atoms with E-state index in [0.717, 1.165) is 51.7 Å². The molecule has 1 aromatic carbocycles. The van der Waals surface area contributed by atoms with Gasteiger partial charge in [0.25, 0.3) is 5.91 Å². The van der Waals surface area contributed by atoms with Crippen molar-refractivity contribution in [2.75, 3.05) is 26.7 Å². The average Bonchev–Trinajstić information content (AvgIpc) is 2.65. The molecule has 1 saturated carbocycles. The maximum absolute atomic E-state index is 12.4. The van der Waals surface area contributed by atoms with Gasteiger partial charge in [0.1, 0.15) is 5.78 Å². The van der Waals surface area contributed by atoms with Crippen molar-refractivity contribution < 1.29 is 14.3 Å². The predicted molar refractivity (Wildman–Crippen MR) is 96.5 cm³/mol. The molecule has 25 heavy (non-hydrogen) atoms. The maximum atomic E-state index is 12.4. The molecule has 1 aliphatic heterocycles. The van der Waals surface area contributed by atoms with E-state index < -0.39 is 0 Å². The van der Waals surface area contributed by atoms with Gasteiger partial charge in [-0.1, -0.05) is 18.2 Å². The van der Waals surface area contributed by atoms with Gasteiger partial charge in [-0.05, 0) is 37.3 Å². The van der Waals surface area contributed by atoms with Crippen LogP contribution in [0.4, 0.5) is 0 Å². The van der Waals surface area contributed by atoms with E-state index in [1.54, 1.807) is 7.11 Å². The molecule has 3 rings (SSSR count). The Bertz CT molecular complexity index is 580. The number of piperidine rings is 1. The SMILES string of the molecule is COC1CN(CC2CCC(=O)CC2)CCC1NC(=O)c1ccccc1. The van der Waals surface area contributed by atoms with Crippen LogP contribution in [-0.2, 0) is 9.53 Å². The first-order chi connectivity index (χ1) is 12.2. The summed E-state index contributed by atoms with van der Waals surface area (Å²) in [5.74, 6) is 0.992. The molecule has 5 heteroatoms. The second-order valence-corrected chi connectivity index (χ2v) is 7.25. The number of benzene rings is 1. The predicted octanol–water partition coefficient (Wildman–Crippen LogP) is 2.26. The summed E-state index contributed by atoms with van der Waals surface area (Å²) in [7, 11) is 1.72. The van der Waals surface area contributed by atoms with E-state index in [1.807, 2.05) is 30.3 Å². The van der Waals surface area contributed by atoms with Crippen molar-refractivity contribution in [1.29, 1.82) is 0 Å². The number of hydrogen-bond donors (Lipinski definition) is 1. The first-order valence-corrected chi connectivity index (χ1v) is 9.28. The second-order valence-electron chi connectivity index (χ2n) is 7.25. The van der Waals surface area contributed by atoms with Gasteiger partial charge in [0, 0.05) is 45.1 Å². The molecule has 5 nitrogen and oxygen atoms in total. The number of nitrogens with zero attached hydrogens (tertiary/aromatic N) is 1. The van der Waals surface area contributed by atoms with Crippen LogP contribution in [0, 0.1) is 5.92 Å². The van der Waals surface area contributed by atoms with Crippen LogP contribution in [0.5, 0.6) is 0 Å². The molecule has 1 saturated heterocycles. The molecule has 136 valence electrons. The van der Waals surface area contributed by atoms with Gasteiger partial charge >= 0.3 is 0 Å². The minimum atomic E-state index is -0.0353. The summed E-state index contributed by atoms with van der Waals surface area (Å²) in [6, 6.07) is 9.36. The Balaban J connectivity index is 1.51. The molecule has 0 spiro atoms. The second kappa shape index (κ2) is 8.59. The first-order valence-electron chi connectivity index (χ1n) is 9.28. The zero-order valence-corrected chi connectivity index (χ0v) is 14.9. The molecule has 1 heterocycles. The van der Waals surface area contributed by atoms with Gasteiger partial charge in [-0.15, -0.1) is 0 Å². The summed E-state index contributed by atoms with van der Waals surface area (Å²) in [6.45, 7) is 2.83. The number of amides is 1. The standard InChI is InChI=1S/C20H28N2O3/c1-25-19-14-22(13-15-7-9-17(23)10-8-15)12-11-18(19)21-20(24)16-5-3-2-4-6-16/h2-6,15,18-19H,7-14H2,1H3,(H,21,24). The first kappa shape index (κ1) is 18.1. The monoisotopic (exact) mass is 344 g/mol. The molecular formula is C20H28N2O3. The van der Waals surface area contributed by atoms with Crippen molar-refractivity contribution in [2.45, 2.75) is 44.2 Å². The molecule has 0 bridgehead atoms. The molecule has 0 radical (unpaired) electrons. The van der Waals surface area contributed by atoms with Gasteiger partial charge < -0.3 is 15.0 Å². The Morgan fingerprint density at radius 1 is 1.20 bits per heavy atom. The third-order valence-electron chi connectivity index (χ3n) is 5.48. The van der Waals surface area contributed by atoms with Gasteiger partial charge in [0.15, 0.2) is 0 Å². The summed E-state index contributed by atoms with van der Waals surface area (Å²) in [5, 5.41) is 3.13. The van der Waals surface area contributed by atoms with Crippen molar-refractivity contribution in [3.05, 3.63) is 35.9 Å². The molecule has 2 unspecified atom stereocenters. The van der Waals surface area contributed by atoms with Gasteiger partial charge in [-0.2, -0.15) is 0 Å². The quantitative estimate of drug-likeness (QED) is 0.890. The lowest BCUT2D eigenvalue weighted by Crippen LogP contribution is -2.55. The normalized spacial score (nSPS) is 25.7. The number of carbonyl (C=O) groups is 2. The molecule has 0 aromatic heterocycles. The highest BCUT2D eigenvalue weighted by molar-refractivity contribution is 5.94. The lowest BCUT2D eigenvalue weighted by molar-refractivity contribution is -0.121. The number of rotatable bonds is 5. The van der Waals surface area contributed by atoms with E-state index in [-0.39, 0.29) is 18.1 Å². The van der Waals surface area contributed by atoms with Crippen molar-refractivity contribution in [3.8, 4) is 0 Å².